The number of hydrogen-bond acceptors (Lipinski definition) is 7. The first kappa shape index (κ1) is 22.9. The first-order valence-electron chi connectivity index (χ1n) is 11.1. The van der Waals surface area contributed by atoms with Crippen LogP contribution in [0, 0.1) is 13.8 Å². The minimum absolute atomic E-state index is 0.564. The van der Waals surface area contributed by atoms with Crippen molar-refractivity contribution < 1.29 is 9.53 Å². The van der Waals surface area contributed by atoms with Gasteiger partial charge in [-0.2, -0.15) is 20.5 Å². The summed E-state index contributed by atoms with van der Waals surface area (Å²) in [4.78, 5) is 12.5. The zero-order valence-corrected chi connectivity index (χ0v) is 19.2. The number of rotatable bonds is 7. The van der Waals surface area contributed by atoms with Crippen LogP contribution in [0.4, 0.5) is 28.4 Å². The molecule has 0 radical (unpaired) electrons. The molecule has 1 saturated heterocycles. The smallest absolute Gasteiger partial charge is 0.180 e. The summed E-state index contributed by atoms with van der Waals surface area (Å²) in [5.74, 6) is 2.06. The van der Waals surface area contributed by atoms with Gasteiger partial charge in [-0.05, 0) is 98.5 Å². The first-order valence-corrected chi connectivity index (χ1v) is 11.1. The molecule has 0 spiro atoms. The molecule has 4 rings (SSSR count). The van der Waals surface area contributed by atoms with Crippen molar-refractivity contribution in [3.8, 4) is 5.75 Å². The third-order valence-corrected chi connectivity index (χ3v) is 5.53. The fourth-order valence-electron chi connectivity index (χ4n) is 3.64. The lowest BCUT2D eigenvalue weighted by Crippen LogP contribution is -2.17. The fourth-order valence-corrected chi connectivity index (χ4v) is 3.64. The van der Waals surface area contributed by atoms with Crippen LogP contribution in [0.25, 0.3) is 0 Å². The van der Waals surface area contributed by atoms with Crippen LogP contribution in [0.15, 0.2) is 93.1 Å². The molecular formula is C27H25N5O2. The minimum atomic E-state index is 0.564. The molecule has 0 saturated carbocycles. The lowest BCUT2D eigenvalue weighted by molar-refractivity contribution is 0.482. The number of carbonyl (C=O) groups excluding carboxylic acids is 1. The van der Waals surface area contributed by atoms with E-state index in [0.29, 0.717) is 11.4 Å². The van der Waals surface area contributed by atoms with E-state index in [4.69, 9.17) is 4.74 Å². The van der Waals surface area contributed by atoms with Gasteiger partial charge in [-0.1, -0.05) is 0 Å². The van der Waals surface area contributed by atoms with Gasteiger partial charge in [0.25, 0.3) is 0 Å². The van der Waals surface area contributed by atoms with Gasteiger partial charge in [0.15, 0.2) is 5.94 Å². The Balaban J connectivity index is 1.43. The molecule has 1 aliphatic heterocycles. The van der Waals surface area contributed by atoms with Gasteiger partial charge in [-0.3, -0.25) is 0 Å². The van der Waals surface area contributed by atoms with Crippen LogP contribution in [0.5, 0.6) is 5.75 Å². The molecule has 1 fully saturated rings. The Morgan fingerprint density at radius 1 is 0.794 bits per heavy atom. The molecule has 0 unspecified atom stereocenters. The normalized spacial score (nSPS) is 13.3. The highest BCUT2D eigenvalue weighted by atomic mass is 16.5. The Bertz CT molecular complexity index is 1280. The predicted molar refractivity (Wildman–Crippen MR) is 133 cm³/mol. The molecule has 7 nitrogen and oxygen atoms in total. The van der Waals surface area contributed by atoms with Gasteiger partial charge in [0, 0.05) is 24.5 Å². The van der Waals surface area contributed by atoms with Crippen molar-refractivity contribution >= 4 is 34.4 Å². The quantitative estimate of drug-likeness (QED) is 0.160. The van der Waals surface area contributed by atoms with Gasteiger partial charge in [0.2, 0.25) is 0 Å². The molecule has 0 aromatic heterocycles. The van der Waals surface area contributed by atoms with Gasteiger partial charge in [-0.25, -0.2) is 4.79 Å². The monoisotopic (exact) mass is 451 g/mol. The number of nitrogens with zero attached hydrogens (tertiary/aromatic N) is 5. The van der Waals surface area contributed by atoms with Gasteiger partial charge >= 0.3 is 0 Å². The molecule has 3 aromatic rings. The number of ether oxygens (including phenoxy) is 1. The predicted octanol–water partition coefficient (Wildman–Crippen LogP) is 7.61. The molecule has 1 aliphatic rings. The van der Waals surface area contributed by atoms with E-state index in [1.54, 1.807) is 24.3 Å². The zero-order chi connectivity index (χ0) is 23.8. The van der Waals surface area contributed by atoms with E-state index in [9.17, 15) is 4.79 Å². The highest BCUT2D eigenvalue weighted by Crippen LogP contribution is 2.31. The second kappa shape index (κ2) is 11.0. The second-order valence-electron chi connectivity index (χ2n) is 8.01. The van der Waals surface area contributed by atoms with Crippen LogP contribution in [0.2, 0.25) is 0 Å². The molecule has 0 aliphatic carbocycles. The largest absolute Gasteiger partial charge is 0.456 e. The van der Waals surface area contributed by atoms with Crippen molar-refractivity contribution in [1.82, 2.24) is 0 Å². The van der Waals surface area contributed by atoms with Crippen molar-refractivity contribution in [2.75, 3.05) is 18.0 Å². The maximum atomic E-state index is 10.1. The highest BCUT2D eigenvalue weighted by Gasteiger charge is 2.11. The Morgan fingerprint density at radius 2 is 1.32 bits per heavy atom. The summed E-state index contributed by atoms with van der Waals surface area (Å²) in [5.41, 5.74) is 8.44. The lowest BCUT2D eigenvalue weighted by atomic mass is 10.1. The Labute approximate surface area is 198 Å². The van der Waals surface area contributed by atoms with E-state index in [1.165, 1.54) is 24.5 Å². The average Bonchev–Trinajstić information content (AvgIpc) is 3.40. The van der Waals surface area contributed by atoms with Gasteiger partial charge in [0.05, 0.1) is 22.7 Å². The standard InChI is InChI=1S/C27H25N5O2/c1-20-19-27(31-29-23-8-12-25(13-9-23)34-17-5-16-33)21(2)18-26(20)30-28-22-6-10-24(11-7-22)32-14-3-4-15-32/h6-13,17-19H,3-4,14-15H2,1-2H3. The van der Waals surface area contributed by atoms with Crippen molar-refractivity contribution in [2.24, 2.45) is 20.5 Å². The van der Waals surface area contributed by atoms with Crippen LogP contribution in [-0.4, -0.2) is 19.0 Å². The summed E-state index contributed by atoms with van der Waals surface area (Å²) >= 11 is 0. The molecule has 0 N–H and O–H groups in total. The topological polar surface area (TPSA) is 79.0 Å². The number of azo groups is 2. The summed E-state index contributed by atoms with van der Waals surface area (Å²) in [7, 11) is 0. The van der Waals surface area contributed by atoms with E-state index in [0.717, 1.165) is 47.5 Å². The maximum absolute atomic E-state index is 10.1. The lowest BCUT2D eigenvalue weighted by Gasteiger charge is -2.17. The van der Waals surface area contributed by atoms with E-state index in [-0.39, 0.29) is 0 Å². The molecule has 170 valence electrons. The first-order chi connectivity index (χ1) is 16.6. The number of anilines is 1. The van der Waals surface area contributed by atoms with Crippen molar-refractivity contribution in [3.63, 3.8) is 0 Å². The second-order valence-corrected chi connectivity index (χ2v) is 8.01. The molecule has 0 atom stereocenters. The van der Waals surface area contributed by atoms with Crippen LogP contribution in [0.1, 0.15) is 24.0 Å². The van der Waals surface area contributed by atoms with Crippen LogP contribution >= 0.6 is 0 Å². The summed E-state index contributed by atoms with van der Waals surface area (Å²) in [6, 6.07) is 19.2. The van der Waals surface area contributed by atoms with Crippen molar-refractivity contribution in [2.45, 2.75) is 26.7 Å². The summed E-state index contributed by atoms with van der Waals surface area (Å²) < 4.78 is 5.20. The molecule has 0 amide bonds. The number of benzene rings is 3. The fraction of sp³-hybridized carbons (Fsp3) is 0.222. The van der Waals surface area contributed by atoms with Crippen LogP contribution in [-0.2, 0) is 4.79 Å². The molecular weight excluding hydrogens is 426 g/mol. The minimum Gasteiger partial charge on any atom is -0.456 e. The van der Waals surface area contributed by atoms with E-state index >= 15 is 0 Å². The molecule has 1 heterocycles. The molecule has 0 bridgehead atoms. The summed E-state index contributed by atoms with van der Waals surface area (Å²) in [6.07, 6.45) is 3.67. The number of hydrogen-bond donors (Lipinski definition) is 0. The zero-order valence-electron chi connectivity index (χ0n) is 19.2. The van der Waals surface area contributed by atoms with Gasteiger partial charge in [0.1, 0.15) is 12.0 Å². The van der Waals surface area contributed by atoms with Crippen molar-refractivity contribution in [3.05, 3.63) is 83.8 Å². The maximum Gasteiger partial charge on any atom is 0.180 e. The Morgan fingerprint density at radius 3 is 1.85 bits per heavy atom. The van der Waals surface area contributed by atoms with Crippen LogP contribution < -0.4 is 9.64 Å². The van der Waals surface area contributed by atoms with Crippen molar-refractivity contribution in [1.29, 1.82) is 0 Å². The summed E-state index contributed by atoms with van der Waals surface area (Å²) in [5, 5.41) is 17.6. The van der Waals surface area contributed by atoms with E-state index in [1.807, 2.05) is 38.1 Å². The third kappa shape index (κ3) is 5.93. The van der Waals surface area contributed by atoms with E-state index < -0.39 is 0 Å². The molecule has 3 aromatic carbocycles. The Hall–Kier alpha value is -4.31. The van der Waals surface area contributed by atoms with Crippen LogP contribution in [0.3, 0.4) is 0 Å². The number of aryl methyl sites for hydroxylation is 2. The molecule has 7 heteroatoms. The van der Waals surface area contributed by atoms with Gasteiger partial charge < -0.3 is 9.64 Å². The Kier molecular flexibility index (Phi) is 7.41. The third-order valence-electron chi connectivity index (χ3n) is 5.53. The average molecular weight is 452 g/mol. The van der Waals surface area contributed by atoms with Gasteiger partial charge in [-0.15, -0.1) is 0 Å². The SMILES string of the molecule is Cc1cc(N=Nc2ccc(N3CCCC3)cc2)c(C)cc1N=Nc1ccc(OC=C=C=O)cc1. The highest BCUT2D eigenvalue weighted by molar-refractivity contribution is 5.59. The summed E-state index contributed by atoms with van der Waals surface area (Å²) in [6.45, 7) is 6.21. The molecule has 34 heavy (non-hydrogen) atoms. The van der Waals surface area contributed by atoms with E-state index in [2.05, 4.69) is 43.2 Å².